The molecule has 0 radical (unpaired) electrons. The highest BCUT2D eigenvalue weighted by Crippen LogP contribution is 2.27. The Kier molecular flexibility index (Phi) is 6.26. The third kappa shape index (κ3) is 5.85. The lowest BCUT2D eigenvalue weighted by molar-refractivity contribution is -0.274. The third-order valence-corrected chi connectivity index (χ3v) is 1.79. The van der Waals surface area contributed by atoms with Gasteiger partial charge in [0, 0.05) is 5.02 Å². The van der Waals surface area contributed by atoms with Crippen molar-refractivity contribution in [2.45, 2.75) is 33.6 Å². The van der Waals surface area contributed by atoms with Gasteiger partial charge in [-0.15, -0.1) is 13.2 Å². The van der Waals surface area contributed by atoms with Crippen molar-refractivity contribution < 1.29 is 17.9 Å². The lowest BCUT2D eigenvalue weighted by Crippen LogP contribution is -2.17. The number of aryl methyl sites for hydroxylation is 1. The Balaban J connectivity index is 0.00000106. The molecule has 0 aliphatic rings. The number of halogens is 4. The molecule has 0 unspecified atom stereocenters. The Morgan fingerprint density at radius 2 is 1.75 bits per heavy atom. The van der Waals surface area contributed by atoms with Crippen LogP contribution in [0.3, 0.4) is 0 Å². The highest BCUT2D eigenvalue weighted by Gasteiger charge is 2.31. The van der Waals surface area contributed by atoms with E-state index in [2.05, 4.69) is 4.74 Å². The molecular weight excluding hydrogens is 241 g/mol. The van der Waals surface area contributed by atoms with Gasteiger partial charge in [0.2, 0.25) is 0 Å². The average molecular weight is 255 g/mol. The van der Waals surface area contributed by atoms with E-state index >= 15 is 0 Å². The lowest BCUT2D eigenvalue weighted by atomic mass is 10.2. The molecule has 0 bridgehead atoms. The SMILES string of the molecule is CC.CCc1cc(Cl)cc(OC(F)(F)F)c1. The Hall–Kier alpha value is -0.900. The van der Waals surface area contributed by atoms with Crippen LogP contribution in [0.15, 0.2) is 18.2 Å². The van der Waals surface area contributed by atoms with Gasteiger partial charge in [-0.1, -0.05) is 32.4 Å². The molecule has 0 heterocycles. The summed E-state index contributed by atoms with van der Waals surface area (Å²) in [5, 5.41) is 0.239. The van der Waals surface area contributed by atoms with E-state index in [0.29, 0.717) is 12.0 Å². The smallest absolute Gasteiger partial charge is 0.406 e. The summed E-state index contributed by atoms with van der Waals surface area (Å²) in [6.45, 7) is 5.82. The highest BCUT2D eigenvalue weighted by atomic mass is 35.5. The fraction of sp³-hybridized carbons (Fsp3) is 0.455. The zero-order valence-corrected chi connectivity index (χ0v) is 10.1. The number of hydrogen-bond acceptors (Lipinski definition) is 1. The molecule has 0 aliphatic carbocycles. The standard InChI is InChI=1S/C9H8ClF3O.C2H6/c1-2-6-3-7(10)5-8(4-6)14-9(11,12)13;1-2/h3-5H,2H2,1H3;1-2H3. The van der Waals surface area contributed by atoms with Crippen LogP contribution in [0.5, 0.6) is 5.75 Å². The monoisotopic (exact) mass is 254 g/mol. The van der Waals surface area contributed by atoms with Crippen LogP contribution >= 0.6 is 11.6 Å². The van der Waals surface area contributed by atoms with E-state index < -0.39 is 6.36 Å². The van der Waals surface area contributed by atoms with E-state index in [1.165, 1.54) is 6.07 Å². The first-order valence-electron chi connectivity index (χ1n) is 4.96. The van der Waals surface area contributed by atoms with E-state index in [-0.39, 0.29) is 10.8 Å². The molecule has 0 saturated carbocycles. The molecule has 5 heteroatoms. The zero-order valence-electron chi connectivity index (χ0n) is 9.36. The van der Waals surface area contributed by atoms with Gasteiger partial charge in [0.25, 0.3) is 0 Å². The number of benzene rings is 1. The van der Waals surface area contributed by atoms with Gasteiger partial charge in [-0.25, -0.2) is 0 Å². The number of ether oxygens (including phenoxy) is 1. The van der Waals surface area contributed by atoms with Crippen molar-refractivity contribution in [2.24, 2.45) is 0 Å². The second kappa shape index (κ2) is 6.63. The largest absolute Gasteiger partial charge is 0.573 e. The Labute approximate surface area is 98.2 Å². The molecule has 92 valence electrons. The first kappa shape index (κ1) is 15.1. The predicted octanol–water partition coefficient (Wildman–Crippen LogP) is 4.83. The fourth-order valence-corrected chi connectivity index (χ4v) is 1.27. The number of hydrogen-bond donors (Lipinski definition) is 0. The van der Waals surface area contributed by atoms with E-state index in [4.69, 9.17) is 11.6 Å². The van der Waals surface area contributed by atoms with Gasteiger partial charge in [0.05, 0.1) is 0 Å². The van der Waals surface area contributed by atoms with Gasteiger partial charge in [-0.2, -0.15) is 0 Å². The summed E-state index contributed by atoms with van der Waals surface area (Å²) in [7, 11) is 0. The van der Waals surface area contributed by atoms with Crippen LogP contribution in [0.4, 0.5) is 13.2 Å². The molecule has 0 aromatic heterocycles. The maximum Gasteiger partial charge on any atom is 0.573 e. The average Bonchev–Trinajstić information content (AvgIpc) is 2.17. The molecule has 1 nitrogen and oxygen atoms in total. The topological polar surface area (TPSA) is 9.23 Å². The van der Waals surface area contributed by atoms with Gasteiger partial charge < -0.3 is 4.74 Å². The van der Waals surface area contributed by atoms with E-state index in [9.17, 15) is 13.2 Å². The van der Waals surface area contributed by atoms with Crippen LogP contribution in [-0.2, 0) is 6.42 Å². The van der Waals surface area contributed by atoms with Gasteiger partial charge in [-0.05, 0) is 30.2 Å². The minimum Gasteiger partial charge on any atom is -0.406 e. The summed E-state index contributed by atoms with van der Waals surface area (Å²) >= 11 is 5.61. The van der Waals surface area contributed by atoms with Gasteiger partial charge in [-0.3, -0.25) is 0 Å². The van der Waals surface area contributed by atoms with E-state index in [1.807, 2.05) is 20.8 Å². The minimum atomic E-state index is -4.67. The quantitative estimate of drug-likeness (QED) is 0.735. The molecule has 0 saturated heterocycles. The molecule has 16 heavy (non-hydrogen) atoms. The molecule has 0 spiro atoms. The van der Waals surface area contributed by atoms with Crippen molar-refractivity contribution in [3.63, 3.8) is 0 Å². The number of rotatable bonds is 2. The maximum atomic E-state index is 11.8. The molecule has 1 rings (SSSR count). The van der Waals surface area contributed by atoms with Crippen LogP contribution in [0, 0.1) is 0 Å². The normalized spacial score (nSPS) is 10.4. The fourth-order valence-electron chi connectivity index (χ4n) is 1.02. The maximum absolute atomic E-state index is 11.8. The number of alkyl halides is 3. The Morgan fingerprint density at radius 1 is 1.19 bits per heavy atom. The molecule has 0 amide bonds. The van der Waals surface area contributed by atoms with Crippen molar-refractivity contribution in [3.8, 4) is 5.75 Å². The molecule has 1 aromatic rings. The van der Waals surface area contributed by atoms with Crippen LogP contribution in [-0.4, -0.2) is 6.36 Å². The first-order valence-corrected chi connectivity index (χ1v) is 5.33. The molecular formula is C11H14ClF3O. The van der Waals surface area contributed by atoms with Crippen LogP contribution < -0.4 is 4.74 Å². The Bertz CT molecular complexity index is 323. The molecule has 0 aliphatic heterocycles. The summed E-state index contributed by atoms with van der Waals surface area (Å²) in [4.78, 5) is 0. The lowest BCUT2D eigenvalue weighted by Gasteiger charge is -2.10. The van der Waals surface area contributed by atoms with Crippen molar-refractivity contribution >= 4 is 11.6 Å². The van der Waals surface area contributed by atoms with Crippen molar-refractivity contribution in [3.05, 3.63) is 28.8 Å². The van der Waals surface area contributed by atoms with Crippen molar-refractivity contribution in [1.82, 2.24) is 0 Å². The summed E-state index contributed by atoms with van der Waals surface area (Å²) in [6, 6.07) is 4.05. The zero-order chi connectivity index (χ0) is 12.8. The van der Waals surface area contributed by atoms with E-state index in [0.717, 1.165) is 6.07 Å². The summed E-state index contributed by atoms with van der Waals surface area (Å²) in [5.74, 6) is -0.276. The second-order valence-corrected chi connectivity index (χ2v) is 3.13. The van der Waals surface area contributed by atoms with Gasteiger partial charge in [0.15, 0.2) is 0 Å². The predicted molar refractivity (Wildman–Crippen MR) is 58.9 cm³/mol. The summed E-state index contributed by atoms with van der Waals surface area (Å²) in [5.41, 5.74) is 0.705. The highest BCUT2D eigenvalue weighted by molar-refractivity contribution is 6.30. The van der Waals surface area contributed by atoms with Gasteiger partial charge >= 0.3 is 6.36 Å². The third-order valence-electron chi connectivity index (χ3n) is 1.57. The van der Waals surface area contributed by atoms with Crippen LogP contribution in [0.1, 0.15) is 26.3 Å². The van der Waals surface area contributed by atoms with E-state index in [1.54, 1.807) is 6.07 Å². The second-order valence-electron chi connectivity index (χ2n) is 2.70. The molecule has 0 N–H and O–H groups in total. The summed E-state index contributed by atoms with van der Waals surface area (Å²) in [6.07, 6.45) is -4.07. The Morgan fingerprint density at radius 3 is 2.19 bits per heavy atom. The minimum absolute atomic E-state index is 0.239. The molecule has 0 fully saturated rings. The molecule has 1 aromatic carbocycles. The van der Waals surface area contributed by atoms with Crippen molar-refractivity contribution in [1.29, 1.82) is 0 Å². The van der Waals surface area contributed by atoms with Crippen LogP contribution in [0.25, 0.3) is 0 Å². The van der Waals surface area contributed by atoms with Crippen LogP contribution in [0.2, 0.25) is 5.02 Å². The first-order chi connectivity index (χ1) is 7.40. The summed E-state index contributed by atoms with van der Waals surface area (Å²) < 4.78 is 39.3. The van der Waals surface area contributed by atoms with Crippen molar-refractivity contribution in [2.75, 3.05) is 0 Å². The molecule has 0 atom stereocenters. The van der Waals surface area contributed by atoms with Gasteiger partial charge in [0.1, 0.15) is 5.75 Å².